The number of nitrogens with zero attached hydrogens (tertiary/aromatic N) is 2. The molecule has 0 fully saturated rings. The molecular weight excluding hydrogens is 152 g/mol. The van der Waals surface area contributed by atoms with Crippen molar-refractivity contribution in [2.24, 2.45) is 0 Å². The van der Waals surface area contributed by atoms with E-state index in [0.717, 1.165) is 25.7 Å². The molecule has 0 N–H and O–H groups in total. The van der Waals surface area contributed by atoms with Gasteiger partial charge in [0.25, 0.3) is 0 Å². The van der Waals surface area contributed by atoms with E-state index in [1.165, 1.54) is 0 Å². The second-order valence-corrected chi connectivity index (χ2v) is 3.26. The molecule has 0 bridgehead atoms. The molecule has 0 aromatic carbocycles. The Morgan fingerprint density at radius 1 is 1.50 bits per heavy atom. The van der Waals surface area contributed by atoms with Gasteiger partial charge in [-0.3, -0.25) is 0 Å². The van der Waals surface area contributed by atoms with E-state index in [9.17, 15) is 0 Å². The lowest BCUT2D eigenvalue weighted by molar-refractivity contribution is -0.494. The highest BCUT2D eigenvalue weighted by molar-refractivity contribution is 5.69. The summed E-state index contributed by atoms with van der Waals surface area (Å²) in [5, 5.41) is 0. The Labute approximate surface area is 74.6 Å². The minimum atomic E-state index is 0.339. The molecule has 1 aliphatic heterocycles. The lowest BCUT2D eigenvalue weighted by Crippen LogP contribution is -2.35. The SMILES string of the molecule is CCN(CC)C1=[N+](C)CC(C)O1. The summed E-state index contributed by atoms with van der Waals surface area (Å²) < 4.78 is 7.86. The maximum absolute atomic E-state index is 5.69. The van der Waals surface area contributed by atoms with Gasteiger partial charge in [-0.1, -0.05) is 0 Å². The van der Waals surface area contributed by atoms with Crippen LogP contribution < -0.4 is 0 Å². The van der Waals surface area contributed by atoms with Crippen LogP contribution in [-0.2, 0) is 4.74 Å². The Morgan fingerprint density at radius 3 is 2.42 bits per heavy atom. The van der Waals surface area contributed by atoms with Crippen LogP contribution in [-0.4, -0.2) is 48.3 Å². The number of likely N-dealkylation sites (N-methyl/N-ethyl adjacent to an activating group) is 1. The largest absolute Gasteiger partial charge is 0.446 e. The molecule has 1 aliphatic rings. The Bertz CT molecular complexity index is 185. The summed E-state index contributed by atoms with van der Waals surface area (Å²) in [7, 11) is 2.08. The molecule has 0 spiro atoms. The summed E-state index contributed by atoms with van der Waals surface area (Å²) in [6.45, 7) is 9.44. The molecule has 12 heavy (non-hydrogen) atoms. The summed E-state index contributed by atoms with van der Waals surface area (Å²) >= 11 is 0. The third-order valence-corrected chi connectivity index (χ3v) is 2.20. The summed E-state index contributed by atoms with van der Waals surface area (Å²) in [6, 6.07) is 1.03. The average molecular weight is 171 g/mol. The molecule has 1 unspecified atom stereocenters. The molecule has 1 heterocycles. The number of hydrogen-bond donors (Lipinski definition) is 0. The van der Waals surface area contributed by atoms with Crippen LogP contribution in [0, 0.1) is 0 Å². The summed E-state index contributed by atoms with van der Waals surface area (Å²) in [5.74, 6) is 0. The van der Waals surface area contributed by atoms with Gasteiger partial charge in [0.15, 0.2) is 0 Å². The monoisotopic (exact) mass is 171 g/mol. The van der Waals surface area contributed by atoms with Gasteiger partial charge >= 0.3 is 6.02 Å². The van der Waals surface area contributed by atoms with Crippen molar-refractivity contribution in [3.05, 3.63) is 0 Å². The fraction of sp³-hybridized carbons (Fsp3) is 0.889. The third-order valence-electron chi connectivity index (χ3n) is 2.20. The van der Waals surface area contributed by atoms with Crippen LogP contribution in [0.2, 0.25) is 0 Å². The van der Waals surface area contributed by atoms with Gasteiger partial charge in [-0.05, 0) is 20.8 Å². The predicted octanol–water partition coefficient (Wildman–Crippen LogP) is 0.745. The van der Waals surface area contributed by atoms with Gasteiger partial charge < -0.3 is 4.74 Å². The molecular formula is C9H19N2O+. The molecule has 0 aromatic rings. The van der Waals surface area contributed by atoms with Crippen molar-refractivity contribution in [1.29, 1.82) is 0 Å². The fourth-order valence-electron chi connectivity index (χ4n) is 1.58. The fourth-order valence-corrected chi connectivity index (χ4v) is 1.58. The van der Waals surface area contributed by atoms with Crippen molar-refractivity contribution in [1.82, 2.24) is 4.90 Å². The molecule has 3 nitrogen and oxygen atoms in total. The molecule has 1 atom stereocenters. The first-order chi connectivity index (χ1) is 5.69. The van der Waals surface area contributed by atoms with E-state index in [0.29, 0.717) is 6.10 Å². The van der Waals surface area contributed by atoms with Gasteiger partial charge in [0.2, 0.25) is 0 Å². The smallest absolute Gasteiger partial charge is 0.424 e. The number of hydrogen-bond acceptors (Lipinski definition) is 2. The standard InChI is InChI=1S/C9H19N2O/c1-5-11(6-2)9-10(4)7-8(3)12-9/h8H,5-7H2,1-4H3/q+1. The molecule has 0 radical (unpaired) electrons. The predicted molar refractivity (Wildman–Crippen MR) is 49.5 cm³/mol. The molecule has 70 valence electrons. The van der Waals surface area contributed by atoms with E-state index in [1.54, 1.807) is 0 Å². The molecule has 0 amide bonds. The highest BCUT2D eigenvalue weighted by Crippen LogP contribution is 2.05. The van der Waals surface area contributed by atoms with Crippen LogP contribution in [0.3, 0.4) is 0 Å². The van der Waals surface area contributed by atoms with Gasteiger partial charge in [0.1, 0.15) is 12.6 Å². The maximum atomic E-state index is 5.69. The van der Waals surface area contributed by atoms with Crippen molar-refractivity contribution in [2.75, 3.05) is 26.7 Å². The highest BCUT2D eigenvalue weighted by atomic mass is 16.5. The molecule has 0 aromatic heterocycles. The first kappa shape index (κ1) is 9.36. The van der Waals surface area contributed by atoms with Crippen molar-refractivity contribution in [3.63, 3.8) is 0 Å². The Hall–Kier alpha value is -0.730. The van der Waals surface area contributed by atoms with Crippen molar-refractivity contribution < 1.29 is 9.31 Å². The summed E-state index contributed by atoms with van der Waals surface area (Å²) in [4.78, 5) is 2.24. The lowest BCUT2D eigenvalue weighted by Gasteiger charge is -2.12. The quantitative estimate of drug-likeness (QED) is 0.570. The average Bonchev–Trinajstić information content (AvgIpc) is 2.34. The zero-order valence-corrected chi connectivity index (χ0v) is 8.50. The number of amidine groups is 1. The Morgan fingerprint density at radius 2 is 2.08 bits per heavy atom. The van der Waals surface area contributed by atoms with Crippen LogP contribution >= 0.6 is 0 Å². The van der Waals surface area contributed by atoms with Gasteiger partial charge in [-0.25, -0.2) is 9.48 Å². The molecule has 0 saturated heterocycles. The zero-order chi connectivity index (χ0) is 9.14. The van der Waals surface area contributed by atoms with Gasteiger partial charge in [-0.15, -0.1) is 0 Å². The molecule has 1 rings (SSSR count). The topological polar surface area (TPSA) is 15.5 Å². The molecule has 0 saturated carbocycles. The number of ether oxygens (including phenoxy) is 1. The van der Waals surface area contributed by atoms with Crippen LogP contribution in [0.1, 0.15) is 20.8 Å². The van der Waals surface area contributed by atoms with Crippen LogP contribution in [0.5, 0.6) is 0 Å². The maximum Gasteiger partial charge on any atom is 0.446 e. The van der Waals surface area contributed by atoms with Crippen molar-refractivity contribution in [3.8, 4) is 0 Å². The Balaban J connectivity index is 2.66. The first-order valence-corrected chi connectivity index (χ1v) is 4.68. The van der Waals surface area contributed by atoms with E-state index >= 15 is 0 Å². The minimum absolute atomic E-state index is 0.339. The Kier molecular flexibility index (Phi) is 2.95. The normalized spacial score (nSPS) is 22.8. The molecule has 0 aliphatic carbocycles. The van der Waals surface area contributed by atoms with Gasteiger partial charge in [-0.2, -0.15) is 0 Å². The second-order valence-electron chi connectivity index (χ2n) is 3.26. The highest BCUT2D eigenvalue weighted by Gasteiger charge is 2.29. The van der Waals surface area contributed by atoms with E-state index in [-0.39, 0.29) is 0 Å². The van der Waals surface area contributed by atoms with Gasteiger partial charge in [0, 0.05) is 0 Å². The molecule has 3 heteroatoms. The van der Waals surface area contributed by atoms with Crippen molar-refractivity contribution in [2.45, 2.75) is 26.9 Å². The van der Waals surface area contributed by atoms with E-state index in [4.69, 9.17) is 4.74 Å². The second kappa shape index (κ2) is 3.78. The summed E-state index contributed by atoms with van der Waals surface area (Å²) in [5.41, 5.74) is 0. The summed E-state index contributed by atoms with van der Waals surface area (Å²) in [6.07, 6.45) is 0.339. The number of rotatable bonds is 2. The van der Waals surface area contributed by atoms with Crippen LogP contribution in [0.15, 0.2) is 0 Å². The zero-order valence-electron chi connectivity index (χ0n) is 8.50. The van der Waals surface area contributed by atoms with Crippen LogP contribution in [0.4, 0.5) is 0 Å². The minimum Gasteiger partial charge on any atom is -0.424 e. The first-order valence-electron chi connectivity index (χ1n) is 4.68. The van der Waals surface area contributed by atoms with E-state index < -0.39 is 0 Å². The van der Waals surface area contributed by atoms with Crippen molar-refractivity contribution >= 4 is 6.02 Å². The van der Waals surface area contributed by atoms with Crippen LogP contribution in [0.25, 0.3) is 0 Å². The lowest BCUT2D eigenvalue weighted by atomic mass is 10.4. The third kappa shape index (κ3) is 1.71. The van der Waals surface area contributed by atoms with E-state index in [2.05, 4.69) is 37.3 Å². The van der Waals surface area contributed by atoms with Gasteiger partial charge in [0.05, 0.1) is 20.1 Å². The van der Waals surface area contributed by atoms with E-state index in [1.807, 2.05) is 0 Å².